The first-order valence-electron chi connectivity index (χ1n) is 39.1. The van der Waals surface area contributed by atoms with Crippen LogP contribution in [0.5, 0.6) is 0 Å². The fourth-order valence-electron chi connectivity index (χ4n) is 11.5. The first kappa shape index (κ1) is 92.1. The summed E-state index contributed by atoms with van der Waals surface area (Å²) in [6.45, 7) is 7.28. The van der Waals surface area contributed by atoms with Crippen LogP contribution >= 0.6 is 15.6 Å². The first-order chi connectivity index (χ1) is 45.5. The molecular formula is C75H146O17P2. The Kier molecular flexibility index (Phi) is 66.8. The maximum Gasteiger partial charge on any atom is 0.472 e. The van der Waals surface area contributed by atoms with E-state index in [1.165, 1.54) is 205 Å². The van der Waals surface area contributed by atoms with Crippen LogP contribution in [0.3, 0.4) is 0 Å². The molecule has 94 heavy (non-hydrogen) atoms. The molecule has 558 valence electrons. The molecule has 0 saturated carbocycles. The summed E-state index contributed by atoms with van der Waals surface area (Å²) in [5, 5.41) is 10.6. The second-order valence-electron chi connectivity index (χ2n) is 27.5. The molecular weight excluding hydrogens is 1230 g/mol. The van der Waals surface area contributed by atoms with Gasteiger partial charge in [0.15, 0.2) is 12.2 Å². The number of hydrogen-bond donors (Lipinski definition) is 3. The van der Waals surface area contributed by atoms with Crippen LogP contribution in [-0.4, -0.2) is 96.7 Å². The van der Waals surface area contributed by atoms with E-state index in [2.05, 4.69) is 34.6 Å². The highest BCUT2D eigenvalue weighted by Gasteiger charge is 2.30. The van der Waals surface area contributed by atoms with Gasteiger partial charge in [0.1, 0.15) is 19.3 Å². The minimum Gasteiger partial charge on any atom is -0.462 e. The highest BCUT2D eigenvalue weighted by molar-refractivity contribution is 7.47. The number of phosphoric acid groups is 2. The van der Waals surface area contributed by atoms with Crippen LogP contribution in [0.4, 0.5) is 0 Å². The Bertz CT molecular complexity index is 1810. The summed E-state index contributed by atoms with van der Waals surface area (Å²) in [5.74, 6) is -1.32. The van der Waals surface area contributed by atoms with Gasteiger partial charge in [0.2, 0.25) is 0 Å². The predicted octanol–water partition coefficient (Wildman–Crippen LogP) is 22.1. The molecule has 0 rings (SSSR count). The van der Waals surface area contributed by atoms with Crippen molar-refractivity contribution in [1.29, 1.82) is 0 Å². The zero-order valence-corrected chi connectivity index (χ0v) is 62.9. The Morgan fingerprint density at radius 2 is 0.489 bits per heavy atom. The van der Waals surface area contributed by atoms with E-state index in [9.17, 15) is 43.2 Å². The number of esters is 4. The largest absolute Gasteiger partial charge is 0.472 e. The van der Waals surface area contributed by atoms with Crippen molar-refractivity contribution in [3.05, 3.63) is 0 Å². The van der Waals surface area contributed by atoms with Crippen molar-refractivity contribution in [1.82, 2.24) is 0 Å². The van der Waals surface area contributed by atoms with Gasteiger partial charge in [-0.15, -0.1) is 0 Å². The number of aliphatic hydroxyl groups is 1. The van der Waals surface area contributed by atoms with Crippen molar-refractivity contribution < 1.29 is 80.2 Å². The van der Waals surface area contributed by atoms with Gasteiger partial charge in [0.25, 0.3) is 0 Å². The summed E-state index contributed by atoms with van der Waals surface area (Å²) in [6.07, 6.45) is 56.9. The highest BCUT2D eigenvalue weighted by Crippen LogP contribution is 2.45. The fourth-order valence-corrected chi connectivity index (χ4v) is 13.1. The van der Waals surface area contributed by atoms with Gasteiger partial charge >= 0.3 is 39.5 Å². The molecule has 3 N–H and O–H groups in total. The molecule has 0 spiro atoms. The molecule has 0 aliphatic carbocycles. The Morgan fingerprint density at radius 3 is 0.723 bits per heavy atom. The third kappa shape index (κ3) is 68.6. The Morgan fingerprint density at radius 1 is 0.287 bits per heavy atom. The van der Waals surface area contributed by atoms with Crippen molar-refractivity contribution in [2.24, 2.45) is 5.92 Å². The molecule has 0 aromatic rings. The van der Waals surface area contributed by atoms with Gasteiger partial charge in [0, 0.05) is 25.7 Å². The Labute approximate surface area is 575 Å². The number of hydrogen-bond acceptors (Lipinski definition) is 15. The maximum atomic E-state index is 13.1. The van der Waals surface area contributed by atoms with E-state index >= 15 is 0 Å². The lowest BCUT2D eigenvalue weighted by Gasteiger charge is -2.21. The SMILES string of the molecule is CCCCCCCCCCCCCCCCCC(=O)OC[C@H](COP(=O)(O)OC[C@@H](O)COP(=O)(O)OC[C@@H](COC(=O)CCCCCCCCC)OC(=O)CCCCCCCCCCCCCCCCC)OC(=O)CCCCCCCCCCCCCCCCC(C)C. The zero-order chi connectivity index (χ0) is 69.1. The smallest absolute Gasteiger partial charge is 0.462 e. The van der Waals surface area contributed by atoms with Crippen LogP contribution < -0.4 is 0 Å². The molecule has 5 atom stereocenters. The maximum absolute atomic E-state index is 13.1. The third-order valence-electron chi connectivity index (χ3n) is 17.5. The second-order valence-corrected chi connectivity index (χ2v) is 30.4. The molecule has 2 unspecified atom stereocenters. The van der Waals surface area contributed by atoms with Gasteiger partial charge in [-0.1, -0.05) is 343 Å². The topological polar surface area (TPSA) is 237 Å². The quantitative estimate of drug-likeness (QED) is 0.0222. The molecule has 0 aromatic carbocycles. The number of rotatable bonds is 75. The second kappa shape index (κ2) is 68.2. The van der Waals surface area contributed by atoms with Gasteiger partial charge in [-0.25, -0.2) is 9.13 Å². The molecule has 0 aromatic heterocycles. The van der Waals surface area contributed by atoms with E-state index in [1.54, 1.807) is 0 Å². The van der Waals surface area contributed by atoms with E-state index in [-0.39, 0.29) is 25.7 Å². The average molecular weight is 1380 g/mol. The lowest BCUT2D eigenvalue weighted by atomic mass is 10.0. The van der Waals surface area contributed by atoms with Gasteiger partial charge in [0.05, 0.1) is 26.4 Å². The van der Waals surface area contributed by atoms with E-state index in [0.717, 1.165) is 109 Å². The number of carbonyl (C=O) groups is 4. The Balaban J connectivity index is 5.19. The van der Waals surface area contributed by atoms with E-state index < -0.39 is 97.5 Å². The lowest BCUT2D eigenvalue weighted by Crippen LogP contribution is -2.30. The van der Waals surface area contributed by atoms with Crippen molar-refractivity contribution >= 4 is 39.5 Å². The molecule has 17 nitrogen and oxygen atoms in total. The molecule has 0 aliphatic rings. The lowest BCUT2D eigenvalue weighted by molar-refractivity contribution is -0.161. The summed E-state index contributed by atoms with van der Waals surface area (Å²) in [7, 11) is -9.90. The highest BCUT2D eigenvalue weighted by atomic mass is 31.2. The standard InChI is InChI=1S/C75H146O17P2/c1-6-9-12-15-18-20-22-24-26-31-35-39-44-49-54-59-73(78)86-65-71(92-75(80)61-56-51-46-41-37-33-29-28-30-34-38-43-47-52-57-68(4)5)67-90-94(83,84)88-63-69(76)62-87-93(81,82)89-66-70(64-85-72(77)58-53-48-42-17-14-11-8-3)91-74(79)60-55-50-45-40-36-32-27-25-23-21-19-16-13-10-7-2/h68-71,76H,6-67H2,1-5H3,(H,81,82)(H,83,84)/t69-,70+,71+/m0/s1. The van der Waals surface area contributed by atoms with Crippen molar-refractivity contribution in [3.63, 3.8) is 0 Å². The molecule has 0 bridgehead atoms. The van der Waals surface area contributed by atoms with Crippen LogP contribution in [0.25, 0.3) is 0 Å². The average Bonchev–Trinajstić information content (AvgIpc) is 2.09. The van der Waals surface area contributed by atoms with Crippen molar-refractivity contribution in [2.75, 3.05) is 39.6 Å². The monoisotopic (exact) mass is 1380 g/mol. The van der Waals surface area contributed by atoms with E-state index in [1.807, 2.05) is 0 Å². The number of unbranched alkanes of at least 4 members (excludes halogenated alkanes) is 47. The van der Waals surface area contributed by atoms with Crippen molar-refractivity contribution in [2.45, 2.75) is 412 Å². The predicted molar refractivity (Wildman–Crippen MR) is 382 cm³/mol. The number of carbonyl (C=O) groups excluding carboxylic acids is 4. The van der Waals surface area contributed by atoms with Gasteiger partial charge in [-0.05, 0) is 31.6 Å². The molecule has 0 saturated heterocycles. The van der Waals surface area contributed by atoms with Crippen LogP contribution in [0.2, 0.25) is 0 Å². The first-order valence-corrected chi connectivity index (χ1v) is 42.1. The molecule has 0 heterocycles. The molecule has 0 fully saturated rings. The number of ether oxygens (including phenoxy) is 4. The molecule has 19 heteroatoms. The van der Waals surface area contributed by atoms with E-state index in [4.69, 9.17) is 37.0 Å². The summed E-state index contributed by atoms with van der Waals surface area (Å²) < 4.78 is 68.4. The Hall–Kier alpha value is -1.94. The third-order valence-corrected chi connectivity index (χ3v) is 19.4. The van der Waals surface area contributed by atoms with Crippen LogP contribution in [0, 0.1) is 5.92 Å². The zero-order valence-electron chi connectivity index (χ0n) is 61.1. The summed E-state index contributed by atoms with van der Waals surface area (Å²) >= 11 is 0. The summed E-state index contributed by atoms with van der Waals surface area (Å²) in [4.78, 5) is 72.7. The van der Waals surface area contributed by atoms with Crippen molar-refractivity contribution in [3.8, 4) is 0 Å². The van der Waals surface area contributed by atoms with Gasteiger partial charge in [-0.2, -0.15) is 0 Å². The van der Waals surface area contributed by atoms with E-state index in [0.29, 0.717) is 25.7 Å². The number of phosphoric ester groups is 2. The van der Waals surface area contributed by atoms with Crippen LogP contribution in [0.1, 0.15) is 394 Å². The summed E-state index contributed by atoms with van der Waals surface area (Å²) in [6, 6.07) is 0. The van der Waals surface area contributed by atoms with Crippen LogP contribution in [-0.2, 0) is 65.4 Å². The minimum absolute atomic E-state index is 0.108. The molecule has 0 amide bonds. The van der Waals surface area contributed by atoms with Gasteiger partial charge < -0.3 is 33.8 Å². The molecule has 0 radical (unpaired) electrons. The minimum atomic E-state index is -4.95. The normalized spacial score (nSPS) is 14.0. The van der Waals surface area contributed by atoms with Crippen LogP contribution in [0.15, 0.2) is 0 Å². The fraction of sp³-hybridized carbons (Fsp3) is 0.947. The summed E-state index contributed by atoms with van der Waals surface area (Å²) in [5.41, 5.74) is 0. The van der Waals surface area contributed by atoms with Gasteiger partial charge in [-0.3, -0.25) is 37.3 Å². The number of aliphatic hydroxyl groups excluding tert-OH is 1. The molecule has 0 aliphatic heterocycles.